The topological polar surface area (TPSA) is 72.8 Å². The van der Waals surface area contributed by atoms with E-state index >= 15 is 0 Å². The first kappa shape index (κ1) is 20.7. The highest BCUT2D eigenvalue weighted by Crippen LogP contribution is 2.43. The molecule has 0 aliphatic rings. The van der Waals surface area contributed by atoms with Crippen LogP contribution in [-0.2, 0) is 14.3 Å². The summed E-state index contributed by atoms with van der Waals surface area (Å²) in [5.74, 6) is -3.88. The zero-order valence-corrected chi connectivity index (χ0v) is 12.6. The minimum absolute atomic E-state index is 0.0824. The molecule has 140 valence electrons. The van der Waals surface area contributed by atoms with Crippen molar-refractivity contribution >= 4 is 11.9 Å². The number of rotatable bonds is 5. The number of carbonyl (C=O) groups excluding carboxylic acids is 2. The van der Waals surface area contributed by atoms with Gasteiger partial charge in [0.15, 0.2) is 0 Å². The van der Waals surface area contributed by atoms with Crippen molar-refractivity contribution in [2.24, 2.45) is 0 Å². The molecule has 0 aliphatic carbocycles. The van der Waals surface area contributed by atoms with Crippen LogP contribution >= 0.6 is 0 Å². The monoisotopic (exact) mass is 374 g/mol. The lowest BCUT2D eigenvalue weighted by atomic mass is 10.0. The summed E-state index contributed by atoms with van der Waals surface area (Å²) < 4.78 is 82.6. The van der Waals surface area contributed by atoms with Crippen molar-refractivity contribution in [3.8, 4) is 0 Å². The maximum atomic E-state index is 12.4. The van der Waals surface area contributed by atoms with Crippen LogP contribution in [-0.4, -0.2) is 48.2 Å². The van der Waals surface area contributed by atoms with Gasteiger partial charge < -0.3 is 14.6 Å². The standard InChI is InChI=1S/C14H12F6O5/c1-8-2-4-9(5-3-8)10(21)24-6-7-25-11(22)12(23,13(15,16)17)14(18,19)20/h2-5,23H,6-7H2,1H3. The molecule has 0 radical (unpaired) electrons. The molecule has 0 saturated carbocycles. The maximum absolute atomic E-state index is 12.4. The van der Waals surface area contributed by atoms with Gasteiger partial charge in [0.2, 0.25) is 0 Å². The summed E-state index contributed by atoms with van der Waals surface area (Å²) in [6.45, 7) is -0.161. The first-order chi connectivity index (χ1) is 11.3. The van der Waals surface area contributed by atoms with Crippen LogP contribution in [0, 0.1) is 6.92 Å². The van der Waals surface area contributed by atoms with E-state index in [1.807, 2.05) is 0 Å². The van der Waals surface area contributed by atoms with Gasteiger partial charge in [0.1, 0.15) is 13.2 Å². The number of benzene rings is 1. The van der Waals surface area contributed by atoms with Crippen LogP contribution in [0.3, 0.4) is 0 Å². The van der Waals surface area contributed by atoms with Gasteiger partial charge in [0, 0.05) is 0 Å². The Morgan fingerprint density at radius 3 is 1.80 bits per heavy atom. The highest BCUT2D eigenvalue weighted by molar-refractivity contribution is 5.89. The second-order valence-corrected chi connectivity index (χ2v) is 4.84. The quantitative estimate of drug-likeness (QED) is 0.487. The molecule has 0 heterocycles. The van der Waals surface area contributed by atoms with Crippen molar-refractivity contribution in [3.63, 3.8) is 0 Å². The SMILES string of the molecule is Cc1ccc(C(=O)OCCOC(=O)C(O)(C(F)(F)F)C(F)(F)F)cc1. The van der Waals surface area contributed by atoms with Crippen LogP contribution in [0.15, 0.2) is 24.3 Å². The maximum Gasteiger partial charge on any atom is 0.437 e. The lowest BCUT2D eigenvalue weighted by molar-refractivity contribution is -0.357. The molecule has 5 nitrogen and oxygen atoms in total. The van der Waals surface area contributed by atoms with Gasteiger partial charge >= 0.3 is 29.9 Å². The molecule has 0 amide bonds. The van der Waals surface area contributed by atoms with Gasteiger partial charge in [0.25, 0.3) is 0 Å². The Kier molecular flexibility index (Phi) is 6.05. The van der Waals surface area contributed by atoms with E-state index in [9.17, 15) is 35.9 Å². The predicted molar refractivity (Wildman–Crippen MR) is 69.5 cm³/mol. The summed E-state index contributed by atoms with van der Waals surface area (Å²) in [6, 6.07) is 5.91. The average molecular weight is 374 g/mol. The van der Waals surface area contributed by atoms with Crippen LogP contribution in [0.1, 0.15) is 15.9 Å². The highest BCUT2D eigenvalue weighted by atomic mass is 19.4. The van der Waals surface area contributed by atoms with Gasteiger partial charge in [-0.1, -0.05) is 17.7 Å². The number of alkyl halides is 6. The Morgan fingerprint density at radius 2 is 1.36 bits per heavy atom. The van der Waals surface area contributed by atoms with E-state index in [4.69, 9.17) is 5.11 Å². The van der Waals surface area contributed by atoms with E-state index < -0.39 is 43.1 Å². The molecule has 0 fully saturated rings. The van der Waals surface area contributed by atoms with Gasteiger partial charge in [-0.25, -0.2) is 9.59 Å². The molecule has 0 saturated heterocycles. The van der Waals surface area contributed by atoms with Gasteiger partial charge in [-0.15, -0.1) is 0 Å². The minimum atomic E-state index is -6.33. The Bertz CT molecular complexity index is 606. The molecular weight excluding hydrogens is 362 g/mol. The number of ether oxygens (including phenoxy) is 2. The highest BCUT2D eigenvalue weighted by Gasteiger charge is 2.76. The summed E-state index contributed by atoms with van der Waals surface area (Å²) in [4.78, 5) is 22.6. The number of halogens is 6. The fourth-order valence-electron chi connectivity index (χ4n) is 1.54. The van der Waals surface area contributed by atoms with Crippen molar-refractivity contribution in [1.82, 2.24) is 0 Å². The first-order valence-electron chi connectivity index (χ1n) is 6.57. The lowest BCUT2D eigenvalue weighted by Gasteiger charge is -2.29. The summed E-state index contributed by atoms with van der Waals surface area (Å²) in [6.07, 6.45) is -12.7. The van der Waals surface area contributed by atoms with Gasteiger partial charge in [-0.3, -0.25) is 0 Å². The number of aliphatic hydroxyl groups is 1. The third kappa shape index (κ3) is 4.62. The molecule has 1 aromatic carbocycles. The van der Waals surface area contributed by atoms with E-state index in [1.165, 1.54) is 12.1 Å². The van der Waals surface area contributed by atoms with E-state index in [0.29, 0.717) is 0 Å². The predicted octanol–water partition coefficient (Wildman–Crippen LogP) is 2.55. The molecular formula is C14H12F6O5. The number of carbonyl (C=O) groups is 2. The molecule has 1 N–H and O–H groups in total. The van der Waals surface area contributed by atoms with Crippen LogP contribution in [0.2, 0.25) is 0 Å². The van der Waals surface area contributed by atoms with E-state index in [-0.39, 0.29) is 5.56 Å². The molecule has 0 spiro atoms. The van der Waals surface area contributed by atoms with Crippen LogP contribution in [0.25, 0.3) is 0 Å². The molecule has 1 rings (SSSR count). The normalized spacial score (nSPS) is 12.6. The number of esters is 2. The lowest BCUT2D eigenvalue weighted by Crippen LogP contribution is -2.63. The largest absolute Gasteiger partial charge is 0.459 e. The Hall–Kier alpha value is -2.30. The number of hydrogen-bond acceptors (Lipinski definition) is 5. The van der Waals surface area contributed by atoms with Crippen molar-refractivity contribution in [3.05, 3.63) is 35.4 Å². The van der Waals surface area contributed by atoms with Crippen molar-refractivity contribution in [1.29, 1.82) is 0 Å². The third-order valence-corrected chi connectivity index (χ3v) is 2.95. The Labute approximate surface area is 137 Å². The fourth-order valence-corrected chi connectivity index (χ4v) is 1.54. The number of aryl methyl sites for hydroxylation is 1. The van der Waals surface area contributed by atoms with Crippen LogP contribution < -0.4 is 0 Å². The molecule has 0 unspecified atom stereocenters. The summed E-state index contributed by atoms with van der Waals surface area (Å²) in [5, 5.41) is 8.73. The fraction of sp³-hybridized carbons (Fsp3) is 0.429. The van der Waals surface area contributed by atoms with Crippen molar-refractivity contribution in [2.45, 2.75) is 24.9 Å². The molecule has 1 aromatic rings. The second-order valence-electron chi connectivity index (χ2n) is 4.84. The smallest absolute Gasteiger partial charge is 0.437 e. The van der Waals surface area contributed by atoms with E-state index in [1.54, 1.807) is 19.1 Å². The van der Waals surface area contributed by atoms with Crippen LogP contribution in [0.4, 0.5) is 26.3 Å². The van der Waals surface area contributed by atoms with E-state index in [0.717, 1.165) is 5.56 Å². The Balaban J connectivity index is 2.61. The van der Waals surface area contributed by atoms with Crippen molar-refractivity contribution < 1.29 is 50.5 Å². The summed E-state index contributed by atoms with van der Waals surface area (Å²) in [5.41, 5.74) is -4.75. The Morgan fingerprint density at radius 1 is 0.920 bits per heavy atom. The zero-order chi connectivity index (χ0) is 19.5. The molecule has 0 bridgehead atoms. The molecule has 25 heavy (non-hydrogen) atoms. The second kappa shape index (κ2) is 7.30. The summed E-state index contributed by atoms with van der Waals surface area (Å²) in [7, 11) is 0. The molecule has 0 atom stereocenters. The first-order valence-corrected chi connectivity index (χ1v) is 6.57. The zero-order valence-electron chi connectivity index (χ0n) is 12.6. The van der Waals surface area contributed by atoms with Gasteiger partial charge in [-0.05, 0) is 19.1 Å². The molecule has 11 heteroatoms. The van der Waals surface area contributed by atoms with Gasteiger partial charge in [0.05, 0.1) is 5.56 Å². The van der Waals surface area contributed by atoms with E-state index in [2.05, 4.69) is 9.47 Å². The van der Waals surface area contributed by atoms with Gasteiger partial charge in [-0.2, -0.15) is 26.3 Å². The minimum Gasteiger partial charge on any atom is -0.459 e. The molecule has 0 aliphatic heterocycles. The average Bonchev–Trinajstić information content (AvgIpc) is 2.48. The third-order valence-electron chi connectivity index (χ3n) is 2.95. The van der Waals surface area contributed by atoms with Crippen molar-refractivity contribution in [2.75, 3.05) is 13.2 Å². The molecule has 0 aromatic heterocycles. The van der Waals surface area contributed by atoms with Crippen LogP contribution in [0.5, 0.6) is 0 Å². The summed E-state index contributed by atoms with van der Waals surface area (Å²) >= 11 is 0. The number of hydrogen-bond donors (Lipinski definition) is 1.